The first-order valence-electron chi connectivity index (χ1n) is 4.17. The van der Waals surface area contributed by atoms with E-state index in [1.165, 1.54) is 12.8 Å². The molecule has 1 saturated carbocycles. The molecular weight excluding hydrogens is 124 g/mol. The Balaban J connectivity index is 2.26. The number of aliphatic hydroxyl groups excluding tert-OH is 1. The lowest BCUT2D eigenvalue weighted by molar-refractivity contribution is 0.00234. The molecule has 0 amide bonds. The van der Waals surface area contributed by atoms with Crippen LogP contribution in [0.15, 0.2) is 0 Å². The van der Waals surface area contributed by atoms with E-state index >= 15 is 0 Å². The van der Waals surface area contributed by atoms with E-state index in [1.54, 1.807) is 0 Å². The third kappa shape index (κ3) is 1.98. The summed E-state index contributed by atoms with van der Waals surface area (Å²) >= 11 is 0. The first-order valence-corrected chi connectivity index (χ1v) is 4.17. The summed E-state index contributed by atoms with van der Waals surface area (Å²) in [5.41, 5.74) is 0.395. The molecule has 0 bridgehead atoms. The minimum Gasteiger partial charge on any atom is -0.393 e. The fourth-order valence-electron chi connectivity index (χ4n) is 1.58. The molecular formula is C9H18O. The topological polar surface area (TPSA) is 20.2 Å². The molecule has 0 saturated heterocycles. The molecule has 1 nitrogen and oxygen atoms in total. The van der Waals surface area contributed by atoms with Crippen molar-refractivity contribution >= 4 is 0 Å². The quantitative estimate of drug-likeness (QED) is 0.595. The lowest BCUT2D eigenvalue weighted by Crippen LogP contribution is -2.34. The molecule has 1 fully saturated rings. The van der Waals surface area contributed by atoms with Crippen molar-refractivity contribution in [3.63, 3.8) is 0 Å². The second kappa shape index (κ2) is 2.54. The third-order valence-corrected chi connectivity index (χ3v) is 2.25. The molecule has 0 aromatic rings. The number of hydrogen-bond acceptors (Lipinski definition) is 1. The summed E-state index contributed by atoms with van der Waals surface area (Å²) < 4.78 is 0. The van der Waals surface area contributed by atoms with Crippen LogP contribution in [0.3, 0.4) is 0 Å². The van der Waals surface area contributed by atoms with E-state index in [9.17, 15) is 5.11 Å². The molecule has 0 spiro atoms. The Labute approximate surface area is 63.4 Å². The van der Waals surface area contributed by atoms with E-state index in [0.717, 1.165) is 6.42 Å². The summed E-state index contributed by atoms with van der Waals surface area (Å²) in [7, 11) is 0. The van der Waals surface area contributed by atoms with E-state index < -0.39 is 0 Å². The molecule has 1 aliphatic rings. The van der Waals surface area contributed by atoms with E-state index in [2.05, 4.69) is 20.8 Å². The van der Waals surface area contributed by atoms with Crippen LogP contribution in [0, 0.1) is 11.3 Å². The minimum atomic E-state index is 0.0132. The van der Waals surface area contributed by atoms with Gasteiger partial charge in [-0.25, -0.2) is 0 Å². The highest BCUT2D eigenvalue weighted by molar-refractivity contribution is 4.83. The summed E-state index contributed by atoms with van der Waals surface area (Å²) in [6.07, 6.45) is 3.45. The molecule has 0 heterocycles. The predicted octanol–water partition coefficient (Wildman–Crippen LogP) is 2.19. The monoisotopic (exact) mass is 142 g/mol. The Kier molecular flexibility index (Phi) is 2.04. The fraction of sp³-hybridized carbons (Fsp3) is 1.00. The van der Waals surface area contributed by atoms with Crippen LogP contribution in [0.5, 0.6) is 0 Å². The normalized spacial score (nSPS) is 33.6. The van der Waals surface area contributed by atoms with Gasteiger partial charge in [0, 0.05) is 0 Å². The van der Waals surface area contributed by atoms with Crippen LogP contribution in [0.2, 0.25) is 0 Å². The molecule has 2 atom stereocenters. The van der Waals surface area contributed by atoms with Crippen LogP contribution in [0.1, 0.15) is 40.0 Å². The molecule has 0 radical (unpaired) electrons. The molecule has 10 heavy (non-hydrogen) atoms. The van der Waals surface area contributed by atoms with Gasteiger partial charge >= 0.3 is 0 Å². The third-order valence-electron chi connectivity index (χ3n) is 2.25. The van der Waals surface area contributed by atoms with Gasteiger partial charge in [-0.05, 0) is 30.6 Å². The van der Waals surface area contributed by atoms with Gasteiger partial charge in [-0.1, -0.05) is 20.8 Å². The van der Waals surface area contributed by atoms with Gasteiger partial charge in [-0.2, -0.15) is 0 Å². The van der Waals surface area contributed by atoms with Crippen LogP contribution in [-0.4, -0.2) is 11.2 Å². The van der Waals surface area contributed by atoms with Gasteiger partial charge in [0.2, 0.25) is 0 Å². The van der Waals surface area contributed by atoms with Crippen molar-refractivity contribution in [2.75, 3.05) is 0 Å². The maximum atomic E-state index is 9.27. The van der Waals surface area contributed by atoms with Crippen LogP contribution in [-0.2, 0) is 0 Å². The van der Waals surface area contributed by atoms with Crippen molar-refractivity contribution in [3.05, 3.63) is 0 Å². The summed E-state index contributed by atoms with van der Waals surface area (Å²) in [5, 5.41) is 9.27. The van der Waals surface area contributed by atoms with Gasteiger partial charge in [0.05, 0.1) is 6.10 Å². The Hall–Kier alpha value is -0.0400. The van der Waals surface area contributed by atoms with Crippen LogP contribution >= 0.6 is 0 Å². The predicted molar refractivity (Wildman–Crippen MR) is 42.8 cm³/mol. The molecule has 1 aliphatic carbocycles. The molecule has 1 N–H and O–H groups in total. The van der Waals surface area contributed by atoms with Crippen LogP contribution in [0.4, 0.5) is 0 Å². The average molecular weight is 142 g/mol. The van der Waals surface area contributed by atoms with E-state index in [1.807, 2.05) is 0 Å². The SMILES string of the molecule is CC(C)(C)CC1CCC1O. The lowest BCUT2D eigenvalue weighted by Gasteiger charge is -2.36. The summed E-state index contributed by atoms with van der Waals surface area (Å²) in [5.74, 6) is 0.597. The average Bonchev–Trinajstić information content (AvgIpc) is 1.78. The molecule has 60 valence electrons. The van der Waals surface area contributed by atoms with Gasteiger partial charge in [-0.15, -0.1) is 0 Å². The summed E-state index contributed by atoms with van der Waals surface area (Å²) in [4.78, 5) is 0. The highest BCUT2D eigenvalue weighted by Gasteiger charge is 2.31. The molecule has 0 aliphatic heterocycles. The Morgan fingerprint density at radius 2 is 1.90 bits per heavy atom. The van der Waals surface area contributed by atoms with E-state index in [4.69, 9.17) is 0 Å². The number of aliphatic hydroxyl groups is 1. The highest BCUT2D eigenvalue weighted by Crippen LogP contribution is 2.36. The molecule has 2 unspecified atom stereocenters. The zero-order valence-corrected chi connectivity index (χ0v) is 7.22. The minimum absolute atomic E-state index is 0.0132. The van der Waals surface area contributed by atoms with Crippen molar-refractivity contribution in [2.24, 2.45) is 11.3 Å². The zero-order chi connectivity index (χ0) is 7.78. The fourth-order valence-corrected chi connectivity index (χ4v) is 1.58. The van der Waals surface area contributed by atoms with Crippen molar-refractivity contribution in [1.29, 1.82) is 0 Å². The number of hydrogen-bond donors (Lipinski definition) is 1. The van der Waals surface area contributed by atoms with Crippen molar-refractivity contribution in [1.82, 2.24) is 0 Å². The molecule has 0 aromatic heterocycles. The maximum Gasteiger partial charge on any atom is 0.0568 e. The Morgan fingerprint density at radius 1 is 1.30 bits per heavy atom. The maximum absolute atomic E-state index is 9.27. The van der Waals surface area contributed by atoms with Crippen molar-refractivity contribution < 1.29 is 5.11 Å². The summed E-state index contributed by atoms with van der Waals surface area (Å²) in [6.45, 7) is 6.70. The molecule has 1 rings (SSSR count). The largest absolute Gasteiger partial charge is 0.393 e. The van der Waals surface area contributed by atoms with Crippen molar-refractivity contribution in [3.8, 4) is 0 Å². The standard InChI is InChI=1S/C9H18O/c1-9(2,3)6-7-4-5-8(7)10/h7-8,10H,4-6H2,1-3H3. The first kappa shape index (κ1) is 8.06. The van der Waals surface area contributed by atoms with Gasteiger partial charge in [-0.3, -0.25) is 0 Å². The Bertz CT molecular complexity index is 112. The second-order valence-electron chi connectivity index (χ2n) is 4.67. The first-order chi connectivity index (χ1) is 4.49. The van der Waals surface area contributed by atoms with Gasteiger partial charge < -0.3 is 5.11 Å². The highest BCUT2D eigenvalue weighted by atomic mass is 16.3. The van der Waals surface area contributed by atoms with E-state index in [-0.39, 0.29) is 6.10 Å². The van der Waals surface area contributed by atoms with Gasteiger partial charge in [0.1, 0.15) is 0 Å². The zero-order valence-electron chi connectivity index (χ0n) is 7.22. The van der Waals surface area contributed by atoms with E-state index in [0.29, 0.717) is 11.3 Å². The van der Waals surface area contributed by atoms with Crippen molar-refractivity contribution in [2.45, 2.75) is 46.1 Å². The van der Waals surface area contributed by atoms with Crippen LogP contribution < -0.4 is 0 Å². The number of rotatable bonds is 1. The van der Waals surface area contributed by atoms with Gasteiger partial charge in [0.25, 0.3) is 0 Å². The Morgan fingerprint density at radius 3 is 2.00 bits per heavy atom. The smallest absolute Gasteiger partial charge is 0.0568 e. The van der Waals surface area contributed by atoms with Crippen LogP contribution in [0.25, 0.3) is 0 Å². The lowest BCUT2D eigenvalue weighted by atomic mass is 9.72. The molecule has 1 heteroatoms. The molecule has 0 aromatic carbocycles. The second-order valence-corrected chi connectivity index (χ2v) is 4.67. The summed E-state index contributed by atoms with van der Waals surface area (Å²) in [6, 6.07) is 0. The van der Waals surface area contributed by atoms with Gasteiger partial charge in [0.15, 0.2) is 0 Å².